The number of halogens is 1. The van der Waals surface area contributed by atoms with Crippen LogP contribution >= 0.6 is 10.7 Å². The van der Waals surface area contributed by atoms with Crippen LogP contribution in [0, 0.1) is 11.3 Å². The van der Waals surface area contributed by atoms with Gasteiger partial charge < -0.3 is 4.74 Å². The summed E-state index contributed by atoms with van der Waals surface area (Å²) in [7, 11) is 1.77. The number of hydrogen-bond donors (Lipinski definition) is 0. The van der Waals surface area contributed by atoms with Crippen molar-refractivity contribution in [2.75, 3.05) is 19.0 Å². The maximum atomic E-state index is 10.9. The summed E-state index contributed by atoms with van der Waals surface area (Å²) in [5, 5.41) is 0. The molecule has 0 N–H and O–H groups in total. The zero-order valence-corrected chi connectivity index (χ0v) is 12.2. The van der Waals surface area contributed by atoms with Crippen LogP contribution in [0.15, 0.2) is 0 Å². The Morgan fingerprint density at radius 3 is 2.31 bits per heavy atom. The Kier molecular flexibility index (Phi) is 6.90. The predicted molar refractivity (Wildman–Crippen MR) is 68.3 cm³/mol. The zero-order chi connectivity index (χ0) is 12.8. The molecule has 5 heteroatoms. The molecule has 0 amide bonds. The standard InChI is InChI=1S/C11H23ClO3S/c1-10(2)6-5-7-15-8-11(3,4)9-16(12,13)14/h10H,5-9H2,1-4H3. The maximum Gasteiger partial charge on any atom is 0.233 e. The first-order valence-corrected chi connectivity index (χ1v) is 8.10. The molecule has 0 aromatic rings. The van der Waals surface area contributed by atoms with Gasteiger partial charge in [-0.1, -0.05) is 27.7 Å². The second-order valence-electron chi connectivity index (χ2n) is 5.44. The fourth-order valence-corrected chi connectivity index (χ4v) is 3.35. The van der Waals surface area contributed by atoms with Crippen molar-refractivity contribution in [1.82, 2.24) is 0 Å². The second-order valence-corrected chi connectivity index (χ2v) is 8.21. The largest absolute Gasteiger partial charge is 0.381 e. The summed E-state index contributed by atoms with van der Waals surface area (Å²) in [5.74, 6) is 0.631. The Labute approximate surface area is 104 Å². The summed E-state index contributed by atoms with van der Waals surface area (Å²) in [6.45, 7) is 9.14. The number of hydrogen-bond acceptors (Lipinski definition) is 3. The van der Waals surface area contributed by atoms with Gasteiger partial charge in [-0.2, -0.15) is 0 Å². The average molecular weight is 271 g/mol. The smallest absolute Gasteiger partial charge is 0.233 e. The van der Waals surface area contributed by atoms with Gasteiger partial charge in [-0.3, -0.25) is 0 Å². The van der Waals surface area contributed by atoms with E-state index in [9.17, 15) is 8.42 Å². The highest BCUT2D eigenvalue weighted by Crippen LogP contribution is 2.20. The van der Waals surface area contributed by atoms with Crippen molar-refractivity contribution in [3.63, 3.8) is 0 Å². The highest BCUT2D eigenvalue weighted by Gasteiger charge is 2.25. The molecule has 0 aromatic heterocycles. The molecule has 16 heavy (non-hydrogen) atoms. The Hall–Kier alpha value is 0.200. The Balaban J connectivity index is 3.75. The first-order chi connectivity index (χ1) is 7.12. The lowest BCUT2D eigenvalue weighted by Crippen LogP contribution is -2.27. The fraction of sp³-hybridized carbons (Fsp3) is 1.00. The van der Waals surface area contributed by atoms with Gasteiger partial charge in [-0.15, -0.1) is 0 Å². The van der Waals surface area contributed by atoms with Gasteiger partial charge in [0.2, 0.25) is 9.05 Å². The van der Waals surface area contributed by atoms with Crippen LogP contribution in [0.1, 0.15) is 40.5 Å². The summed E-state index contributed by atoms with van der Waals surface area (Å²) < 4.78 is 27.3. The Morgan fingerprint density at radius 2 is 1.88 bits per heavy atom. The maximum absolute atomic E-state index is 10.9. The number of ether oxygens (including phenoxy) is 1. The summed E-state index contributed by atoms with van der Waals surface area (Å²) >= 11 is 0. The molecule has 0 unspecified atom stereocenters. The van der Waals surface area contributed by atoms with Crippen molar-refractivity contribution in [3.8, 4) is 0 Å². The van der Waals surface area contributed by atoms with E-state index >= 15 is 0 Å². The van der Waals surface area contributed by atoms with E-state index in [1.165, 1.54) is 0 Å². The minimum Gasteiger partial charge on any atom is -0.381 e. The van der Waals surface area contributed by atoms with E-state index in [2.05, 4.69) is 13.8 Å². The molecular weight excluding hydrogens is 248 g/mol. The van der Waals surface area contributed by atoms with Crippen molar-refractivity contribution in [3.05, 3.63) is 0 Å². The quantitative estimate of drug-likeness (QED) is 0.503. The van der Waals surface area contributed by atoms with E-state index in [-0.39, 0.29) is 5.75 Å². The van der Waals surface area contributed by atoms with E-state index in [0.29, 0.717) is 19.1 Å². The average Bonchev–Trinajstić information content (AvgIpc) is 1.97. The van der Waals surface area contributed by atoms with Gasteiger partial charge in [0.05, 0.1) is 12.4 Å². The molecule has 0 aromatic carbocycles. The van der Waals surface area contributed by atoms with Crippen molar-refractivity contribution < 1.29 is 13.2 Å². The topological polar surface area (TPSA) is 43.4 Å². The molecule has 0 saturated heterocycles. The van der Waals surface area contributed by atoms with Crippen LogP contribution in [0.3, 0.4) is 0 Å². The molecule has 0 aliphatic heterocycles. The van der Waals surface area contributed by atoms with E-state index in [4.69, 9.17) is 15.4 Å². The molecule has 0 fully saturated rings. The monoisotopic (exact) mass is 270 g/mol. The van der Waals surface area contributed by atoms with Crippen LogP contribution in [0.5, 0.6) is 0 Å². The van der Waals surface area contributed by atoms with Crippen LogP contribution in [0.4, 0.5) is 0 Å². The molecule has 0 bridgehead atoms. The normalized spacial score (nSPS) is 13.4. The predicted octanol–water partition coefficient (Wildman–Crippen LogP) is 3.03. The van der Waals surface area contributed by atoms with Gasteiger partial charge in [0, 0.05) is 22.7 Å². The van der Waals surface area contributed by atoms with Crippen molar-refractivity contribution in [1.29, 1.82) is 0 Å². The molecular formula is C11H23ClO3S. The number of rotatable bonds is 8. The van der Waals surface area contributed by atoms with E-state index in [0.717, 1.165) is 12.8 Å². The first kappa shape index (κ1) is 16.2. The molecule has 0 spiro atoms. The molecule has 3 nitrogen and oxygen atoms in total. The fourth-order valence-electron chi connectivity index (χ4n) is 1.45. The third-order valence-corrected chi connectivity index (χ3v) is 3.58. The Bertz CT molecular complexity index is 284. The van der Waals surface area contributed by atoms with Gasteiger partial charge in [0.25, 0.3) is 0 Å². The minimum atomic E-state index is -3.45. The van der Waals surface area contributed by atoms with Gasteiger partial charge >= 0.3 is 0 Å². The molecule has 0 aliphatic rings. The van der Waals surface area contributed by atoms with Gasteiger partial charge in [0.1, 0.15) is 0 Å². The minimum absolute atomic E-state index is 0.0499. The highest BCUT2D eigenvalue weighted by atomic mass is 35.7. The molecule has 98 valence electrons. The second kappa shape index (κ2) is 6.82. The van der Waals surface area contributed by atoms with Crippen molar-refractivity contribution in [2.45, 2.75) is 40.5 Å². The van der Waals surface area contributed by atoms with E-state index in [1.54, 1.807) is 0 Å². The SMILES string of the molecule is CC(C)CCCOCC(C)(C)CS(=O)(=O)Cl. The van der Waals surface area contributed by atoms with Crippen LogP contribution in [-0.2, 0) is 13.8 Å². The molecule has 0 atom stereocenters. The molecule has 0 rings (SSSR count). The Morgan fingerprint density at radius 1 is 1.31 bits per heavy atom. The third kappa shape index (κ3) is 10.7. The van der Waals surface area contributed by atoms with Crippen molar-refractivity contribution in [2.24, 2.45) is 11.3 Å². The summed E-state index contributed by atoms with van der Waals surface area (Å²) in [5.41, 5.74) is -0.418. The van der Waals surface area contributed by atoms with Crippen LogP contribution in [0.2, 0.25) is 0 Å². The van der Waals surface area contributed by atoms with E-state index < -0.39 is 14.5 Å². The van der Waals surface area contributed by atoms with Gasteiger partial charge in [-0.05, 0) is 18.8 Å². The van der Waals surface area contributed by atoms with Crippen molar-refractivity contribution >= 4 is 19.7 Å². The van der Waals surface area contributed by atoms with E-state index in [1.807, 2.05) is 13.8 Å². The molecule has 0 aliphatic carbocycles. The first-order valence-electron chi connectivity index (χ1n) is 5.62. The lowest BCUT2D eigenvalue weighted by atomic mass is 9.98. The van der Waals surface area contributed by atoms with Crippen LogP contribution < -0.4 is 0 Å². The lowest BCUT2D eigenvalue weighted by molar-refractivity contribution is 0.0690. The van der Waals surface area contributed by atoms with Crippen LogP contribution in [0.25, 0.3) is 0 Å². The zero-order valence-electron chi connectivity index (χ0n) is 10.6. The lowest BCUT2D eigenvalue weighted by Gasteiger charge is -2.22. The summed E-state index contributed by atoms with van der Waals surface area (Å²) in [4.78, 5) is 0. The molecule has 0 saturated carbocycles. The summed E-state index contributed by atoms with van der Waals surface area (Å²) in [6.07, 6.45) is 2.15. The van der Waals surface area contributed by atoms with Crippen LogP contribution in [-0.4, -0.2) is 27.4 Å². The third-order valence-electron chi connectivity index (χ3n) is 2.13. The van der Waals surface area contributed by atoms with Gasteiger partial charge in [0.15, 0.2) is 0 Å². The molecule has 0 heterocycles. The van der Waals surface area contributed by atoms with Gasteiger partial charge in [-0.25, -0.2) is 8.42 Å². The summed E-state index contributed by atoms with van der Waals surface area (Å²) in [6, 6.07) is 0. The molecule has 0 radical (unpaired) electrons. The highest BCUT2D eigenvalue weighted by molar-refractivity contribution is 8.13.